The van der Waals surface area contributed by atoms with Crippen molar-refractivity contribution in [3.63, 3.8) is 0 Å². The topological polar surface area (TPSA) is 57.7 Å². The zero-order chi connectivity index (χ0) is 16.7. The molecular weight excluding hydrogens is 312 g/mol. The normalized spacial score (nSPS) is 17.0. The molecule has 0 radical (unpaired) electrons. The highest BCUT2D eigenvalue weighted by Crippen LogP contribution is 2.13. The van der Waals surface area contributed by atoms with Gasteiger partial charge in [-0.1, -0.05) is 38.0 Å². The van der Waals surface area contributed by atoms with Gasteiger partial charge in [-0.15, -0.1) is 0 Å². The molecule has 0 bridgehead atoms. The second-order valence-corrected chi connectivity index (χ2v) is 8.02. The van der Waals surface area contributed by atoms with E-state index < -0.39 is 10.0 Å². The smallest absolute Gasteiger partial charge is 0.253 e. The molecule has 1 aromatic rings. The van der Waals surface area contributed by atoms with Gasteiger partial charge in [0.1, 0.15) is 0 Å². The van der Waals surface area contributed by atoms with Crippen LogP contribution in [0.5, 0.6) is 0 Å². The maximum atomic E-state index is 12.5. The average Bonchev–Trinajstić information content (AvgIpc) is 2.82. The maximum absolute atomic E-state index is 12.5. The van der Waals surface area contributed by atoms with E-state index in [1.54, 1.807) is 21.3 Å². The molecule has 1 aliphatic heterocycles. The van der Waals surface area contributed by atoms with Crippen LogP contribution in [0, 0.1) is 0 Å². The Balaban J connectivity index is 1.95. The Kier molecular flexibility index (Phi) is 6.59. The van der Waals surface area contributed by atoms with Crippen molar-refractivity contribution in [2.45, 2.75) is 32.6 Å². The predicted molar refractivity (Wildman–Crippen MR) is 91.8 cm³/mol. The van der Waals surface area contributed by atoms with Crippen LogP contribution in [0.15, 0.2) is 30.3 Å². The van der Waals surface area contributed by atoms with Crippen LogP contribution in [0.3, 0.4) is 0 Å². The van der Waals surface area contributed by atoms with Crippen LogP contribution in [-0.2, 0) is 10.0 Å². The number of carbonyl (C=O) groups is 1. The van der Waals surface area contributed by atoms with Gasteiger partial charge in [0.15, 0.2) is 0 Å². The van der Waals surface area contributed by atoms with Crippen LogP contribution in [0.2, 0.25) is 0 Å². The van der Waals surface area contributed by atoms with Gasteiger partial charge in [0.2, 0.25) is 10.0 Å². The number of hydrogen-bond donors (Lipinski definition) is 0. The molecule has 0 saturated carbocycles. The molecule has 1 fully saturated rings. The molecule has 1 heterocycles. The lowest BCUT2D eigenvalue weighted by atomic mass is 10.2. The molecule has 128 valence electrons. The van der Waals surface area contributed by atoms with E-state index in [2.05, 4.69) is 6.92 Å². The predicted octanol–water partition coefficient (Wildman–Crippen LogP) is 2.35. The summed E-state index contributed by atoms with van der Waals surface area (Å²) in [4.78, 5) is 14.2. The summed E-state index contributed by atoms with van der Waals surface area (Å²) >= 11 is 0. The second kappa shape index (κ2) is 8.45. The first-order valence-corrected chi connectivity index (χ1v) is 9.97. The fourth-order valence-corrected chi connectivity index (χ4v) is 4.40. The molecule has 2 rings (SSSR count). The molecule has 1 saturated heterocycles. The van der Waals surface area contributed by atoms with Gasteiger partial charge >= 0.3 is 0 Å². The molecule has 5 nitrogen and oxygen atoms in total. The molecule has 23 heavy (non-hydrogen) atoms. The maximum Gasteiger partial charge on any atom is 0.253 e. The van der Waals surface area contributed by atoms with Crippen molar-refractivity contribution in [2.24, 2.45) is 0 Å². The van der Waals surface area contributed by atoms with Gasteiger partial charge in [0.25, 0.3) is 5.91 Å². The summed E-state index contributed by atoms with van der Waals surface area (Å²) in [5.74, 6) is 0.198. The molecule has 1 aliphatic rings. The number of unbranched alkanes of at least 4 members (excludes halogenated alkanes) is 2. The molecule has 1 aromatic carbocycles. The minimum Gasteiger partial charge on any atom is -0.337 e. The highest BCUT2D eigenvalue weighted by atomic mass is 32.2. The molecule has 0 unspecified atom stereocenters. The second-order valence-electron chi connectivity index (χ2n) is 5.93. The lowest BCUT2D eigenvalue weighted by Crippen LogP contribution is -2.38. The molecule has 6 heteroatoms. The Labute approximate surface area is 139 Å². The van der Waals surface area contributed by atoms with Crippen molar-refractivity contribution < 1.29 is 13.2 Å². The minimum atomic E-state index is -3.20. The zero-order valence-corrected chi connectivity index (χ0v) is 14.6. The summed E-state index contributed by atoms with van der Waals surface area (Å²) in [6, 6.07) is 9.16. The van der Waals surface area contributed by atoms with Crippen molar-refractivity contribution >= 4 is 15.9 Å². The lowest BCUT2D eigenvalue weighted by Gasteiger charge is -2.22. The van der Waals surface area contributed by atoms with E-state index in [0.29, 0.717) is 44.6 Å². The third kappa shape index (κ3) is 5.04. The number of sulfonamides is 1. The summed E-state index contributed by atoms with van der Waals surface area (Å²) in [7, 11) is -3.20. The summed E-state index contributed by atoms with van der Waals surface area (Å²) in [5, 5.41) is 0. The van der Waals surface area contributed by atoms with E-state index >= 15 is 0 Å². The number of rotatable bonds is 6. The van der Waals surface area contributed by atoms with Gasteiger partial charge in [-0.3, -0.25) is 4.79 Å². The number of carbonyl (C=O) groups excluding carboxylic acids is 1. The Bertz CT molecular complexity index is 602. The minimum absolute atomic E-state index is 0.0177. The van der Waals surface area contributed by atoms with E-state index in [0.717, 1.165) is 12.8 Å². The van der Waals surface area contributed by atoms with Gasteiger partial charge in [-0.05, 0) is 25.0 Å². The van der Waals surface area contributed by atoms with Crippen LogP contribution in [0.1, 0.15) is 43.0 Å². The number of amides is 1. The monoisotopic (exact) mass is 338 g/mol. The SMILES string of the molecule is CCCCCS(=O)(=O)N1CCCN(C(=O)c2ccccc2)CC1. The van der Waals surface area contributed by atoms with E-state index in [-0.39, 0.29) is 11.7 Å². The number of nitrogens with zero attached hydrogens (tertiary/aromatic N) is 2. The van der Waals surface area contributed by atoms with E-state index in [4.69, 9.17) is 0 Å². The van der Waals surface area contributed by atoms with Gasteiger partial charge in [0, 0.05) is 31.7 Å². The van der Waals surface area contributed by atoms with E-state index in [1.807, 2.05) is 18.2 Å². The largest absolute Gasteiger partial charge is 0.337 e. The Morgan fingerprint density at radius 3 is 2.48 bits per heavy atom. The molecule has 1 amide bonds. The first kappa shape index (κ1) is 17.9. The molecular formula is C17H26N2O3S. The quantitative estimate of drug-likeness (QED) is 0.748. The van der Waals surface area contributed by atoms with Crippen LogP contribution >= 0.6 is 0 Å². The standard InChI is InChI=1S/C17H26N2O3S/c1-2-3-7-15-23(21,22)19-12-8-11-18(13-14-19)17(20)16-9-5-4-6-10-16/h4-6,9-10H,2-3,7-8,11-15H2,1H3. The average molecular weight is 338 g/mol. The van der Waals surface area contributed by atoms with Gasteiger partial charge in [-0.2, -0.15) is 0 Å². The first-order chi connectivity index (χ1) is 11.0. The molecule has 0 aliphatic carbocycles. The summed E-state index contributed by atoms with van der Waals surface area (Å²) in [6.07, 6.45) is 3.34. The van der Waals surface area contributed by atoms with Gasteiger partial charge in [-0.25, -0.2) is 12.7 Å². The lowest BCUT2D eigenvalue weighted by molar-refractivity contribution is 0.0764. The Hall–Kier alpha value is -1.40. The Morgan fingerprint density at radius 1 is 1.04 bits per heavy atom. The van der Waals surface area contributed by atoms with Crippen LogP contribution in [-0.4, -0.2) is 55.5 Å². The Morgan fingerprint density at radius 2 is 1.78 bits per heavy atom. The number of benzene rings is 1. The third-order valence-electron chi connectivity index (χ3n) is 4.16. The number of hydrogen-bond acceptors (Lipinski definition) is 3. The highest BCUT2D eigenvalue weighted by molar-refractivity contribution is 7.89. The first-order valence-electron chi connectivity index (χ1n) is 8.37. The van der Waals surface area contributed by atoms with Crippen molar-refractivity contribution in [3.05, 3.63) is 35.9 Å². The van der Waals surface area contributed by atoms with Crippen molar-refractivity contribution in [1.82, 2.24) is 9.21 Å². The summed E-state index contributed by atoms with van der Waals surface area (Å²) in [5.41, 5.74) is 0.659. The van der Waals surface area contributed by atoms with Crippen molar-refractivity contribution in [3.8, 4) is 0 Å². The van der Waals surface area contributed by atoms with Crippen molar-refractivity contribution in [2.75, 3.05) is 31.9 Å². The van der Waals surface area contributed by atoms with E-state index in [1.165, 1.54) is 0 Å². The van der Waals surface area contributed by atoms with E-state index in [9.17, 15) is 13.2 Å². The third-order valence-corrected chi connectivity index (χ3v) is 6.12. The van der Waals surface area contributed by atoms with Gasteiger partial charge in [0.05, 0.1) is 5.75 Å². The van der Waals surface area contributed by atoms with Crippen LogP contribution < -0.4 is 0 Å². The molecule has 0 atom stereocenters. The summed E-state index contributed by atoms with van der Waals surface area (Å²) < 4.78 is 26.3. The molecule has 0 N–H and O–H groups in total. The fourth-order valence-electron chi connectivity index (χ4n) is 2.80. The van der Waals surface area contributed by atoms with Crippen LogP contribution in [0.25, 0.3) is 0 Å². The van der Waals surface area contributed by atoms with Crippen molar-refractivity contribution in [1.29, 1.82) is 0 Å². The fraction of sp³-hybridized carbons (Fsp3) is 0.588. The summed E-state index contributed by atoms with van der Waals surface area (Å²) in [6.45, 7) is 4.03. The highest BCUT2D eigenvalue weighted by Gasteiger charge is 2.26. The van der Waals surface area contributed by atoms with Gasteiger partial charge < -0.3 is 4.90 Å². The zero-order valence-electron chi connectivity index (χ0n) is 13.8. The molecule has 0 aromatic heterocycles. The van der Waals surface area contributed by atoms with Crippen LogP contribution in [0.4, 0.5) is 0 Å². The molecule has 0 spiro atoms.